The highest BCUT2D eigenvalue weighted by molar-refractivity contribution is 7.13. The van der Waals surface area contributed by atoms with Crippen molar-refractivity contribution in [3.8, 4) is 0 Å². The molecule has 35 heavy (non-hydrogen) atoms. The van der Waals surface area contributed by atoms with Gasteiger partial charge in [0.15, 0.2) is 10.9 Å². The number of carbonyl (C=O) groups excluding carboxylic acids is 1. The summed E-state index contributed by atoms with van der Waals surface area (Å²) >= 11 is 7.30. The van der Waals surface area contributed by atoms with Gasteiger partial charge in [-0.2, -0.15) is 0 Å². The molecule has 0 radical (unpaired) electrons. The number of hydrogen-bond donors (Lipinski definition) is 2. The second kappa shape index (κ2) is 9.54. The van der Waals surface area contributed by atoms with E-state index in [1.54, 1.807) is 6.20 Å². The Bertz CT molecular complexity index is 1260. The zero-order chi connectivity index (χ0) is 24.6. The van der Waals surface area contributed by atoms with Crippen molar-refractivity contribution in [3.05, 3.63) is 69.6 Å². The Kier molecular flexibility index (Phi) is 6.46. The second-order valence-electron chi connectivity index (χ2n) is 9.17. The molecule has 1 saturated carbocycles. The third-order valence-corrected chi connectivity index (χ3v) is 7.76. The second-order valence-corrected chi connectivity index (χ2v) is 10.5. The van der Waals surface area contributed by atoms with Crippen molar-refractivity contribution in [1.82, 2.24) is 14.9 Å². The van der Waals surface area contributed by atoms with Gasteiger partial charge in [-0.15, -0.1) is 11.3 Å². The average molecular weight is 515 g/mol. The number of hydrogen-bond acceptors (Lipinski definition) is 6. The minimum absolute atomic E-state index is 0.1000. The van der Waals surface area contributed by atoms with E-state index in [4.69, 9.17) is 16.6 Å². The molecule has 2 aromatic heterocycles. The summed E-state index contributed by atoms with van der Waals surface area (Å²) in [5, 5.41) is 15.9. The number of nitrogens with zero attached hydrogens (tertiary/aromatic N) is 3. The largest absolute Gasteiger partial charge is 0.481 e. The van der Waals surface area contributed by atoms with Crippen molar-refractivity contribution in [1.29, 1.82) is 0 Å². The van der Waals surface area contributed by atoms with E-state index in [1.807, 2.05) is 17.5 Å². The van der Waals surface area contributed by atoms with Gasteiger partial charge in [-0.3, -0.25) is 9.59 Å². The lowest BCUT2D eigenvalue weighted by Crippen LogP contribution is -2.47. The fraction of sp³-hybridized carbons (Fsp3) is 0.360. The Balaban J connectivity index is 1.35. The van der Waals surface area contributed by atoms with Gasteiger partial charge >= 0.3 is 5.97 Å². The molecule has 1 aromatic carbocycles. The average Bonchev–Trinajstić information content (AvgIpc) is 3.58. The summed E-state index contributed by atoms with van der Waals surface area (Å²) in [6.45, 7) is 0.424. The predicted molar refractivity (Wildman–Crippen MR) is 132 cm³/mol. The van der Waals surface area contributed by atoms with E-state index in [2.05, 4.69) is 10.3 Å². The highest BCUT2D eigenvalue weighted by atomic mass is 35.5. The van der Waals surface area contributed by atoms with Crippen LogP contribution in [0, 0.1) is 11.2 Å². The molecule has 1 saturated heterocycles. The van der Waals surface area contributed by atoms with E-state index in [9.17, 15) is 19.1 Å². The van der Waals surface area contributed by atoms with E-state index < -0.39 is 23.1 Å². The van der Waals surface area contributed by atoms with Crippen molar-refractivity contribution in [3.63, 3.8) is 0 Å². The molecule has 5 rings (SSSR count). The van der Waals surface area contributed by atoms with Crippen molar-refractivity contribution in [2.75, 3.05) is 18.4 Å². The fourth-order valence-electron chi connectivity index (χ4n) is 4.60. The molecule has 1 aliphatic carbocycles. The van der Waals surface area contributed by atoms with Crippen LogP contribution in [0.25, 0.3) is 0 Å². The molecule has 2 fully saturated rings. The zero-order valence-corrected chi connectivity index (χ0v) is 20.4. The summed E-state index contributed by atoms with van der Waals surface area (Å²) in [6.07, 6.45) is 4.69. The van der Waals surface area contributed by atoms with Gasteiger partial charge in [0, 0.05) is 36.8 Å². The Morgan fingerprint density at radius 1 is 1.26 bits per heavy atom. The van der Waals surface area contributed by atoms with E-state index in [0.717, 1.165) is 23.5 Å². The first kappa shape index (κ1) is 23.7. The van der Waals surface area contributed by atoms with Crippen LogP contribution in [-0.4, -0.2) is 44.9 Å². The summed E-state index contributed by atoms with van der Waals surface area (Å²) in [6, 6.07) is 8.33. The number of carboxylic acid groups (broad SMARTS) is 1. The summed E-state index contributed by atoms with van der Waals surface area (Å²) in [4.78, 5) is 35.8. The van der Waals surface area contributed by atoms with E-state index in [1.165, 1.54) is 34.4 Å². The molecule has 10 heteroatoms. The highest BCUT2D eigenvalue weighted by Gasteiger charge is 2.43. The van der Waals surface area contributed by atoms with Crippen LogP contribution in [0.4, 0.5) is 15.3 Å². The van der Waals surface area contributed by atoms with Crippen LogP contribution in [0.5, 0.6) is 0 Å². The first-order valence-electron chi connectivity index (χ1n) is 11.5. The molecule has 3 heterocycles. The first-order valence-corrected chi connectivity index (χ1v) is 12.7. The molecule has 1 aliphatic heterocycles. The van der Waals surface area contributed by atoms with Gasteiger partial charge in [0.2, 0.25) is 0 Å². The minimum Gasteiger partial charge on any atom is -0.481 e. The number of halogens is 2. The van der Waals surface area contributed by atoms with Crippen molar-refractivity contribution in [2.45, 2.75) is 38.0 Å². The number of anilines is 2. The van der Waals surface area contributed by atoms with Gasteiger partial charge in [0.05, 0.1) is 16.0 Å². The quantitative estimate of drug-likeness (QED) is 0.432. The molecule has 182 valence electrons. The minimum atomic E-state index is -1.06. The maximum atomic E-state index is 14.4. The van der Waals surface area contributed by atoms with E-state index in [0.29, 0.717) is 17.4 Å². The van der Waals surface area contributed by atoms with Crippen molar-refractivity contribution in [2.24, 2.45) is 5.41 Å². The molecule has 7 nitrogen and oxygen atoms in total. The van der Waals surface area contributed by atoms with Crippen LogP contribution in [0.15, 0.2) is 41.9 Å². The van der Waals surface area contributed by atoms with Crippen molar-refractivity contribution < 1.29 is 19.1 Å². The third-order valence-electron chi connectivity index (χ3n) is 6.78. The van der Waals surface area contributed by atoms with E-state index in [-0.39, 0.29) is 42.9 Å². The van der Waals surface area contributed by atoms with Crippen molar-refractivity contribution >= 4 is 45.8 Å². The van der Waals surface area contributed by atoms with Gasteiger partial charge in [-0.25, -0.2) is 14.4 Å². The molecular formula is C25H24ClFN4O3S. The van der Waals surface area contributed by atoms with Gasteiger partial charge < -0.3 is 15.3 Å². The lowest BCUT2D eigenvalue weighted by Gasteiger charge is -2.39. The lowest BCUT2D eigenvalue weighted by atomic mass is 9.74. The number of benzene rings is 1. The van der Waals surface area contributed by atoms with E-state index >= 15 is 0 Å². The maximum absolute atomic E-state index is 14.4. The summed E-state index contributed by atoms with van der Waals surface area (Å²) in [5.41, 5.74) is 0.698. The predicted octanol–water partition coefficient (Wildman–Crippen LogP) is 5.50. The molecular weight excluding hydrogens is 491 g/mol. The zero-order valence-electron chi connectivity index (χ0n) is 18.8. The van der Waals surface area contributed by atoms with Gasteiger partial charge in [0.1, 0.15) is 5.82 Å². The number of nitrogens with one attached hydrogen (secondary N) is 1. The number of amides is 1. The summed E-state index contributed by atoms with van der Waals surface area (Å²) in [7, 11) is 0. The molecule has 2 aliphatic rings. The monoisotopic (exact) mass is 514 g/mol. The van der Waals surface area contributed by atoms with Gasteiger partial charge in [-0.05, 0) is 61.4 Å². The van der Waals surface area contributed by atoms with Gasteiger partial charge in [-0.1, -0.05) is 17.7 Å². The SMILES string of the molecule is O=C(c1cccc(Cl)c1F)N1CCC(Cc2cc(C3CC3)cc(Nc3nccs3)n2)(C(=O)O)CC1. The number of rotatable bonds is 7. The standard InChI is InChI=1S/C25H24ClFN4O3S/c26-19-3-1-2-18(21(19)27)22(32)31-9-6-25(7-10-31,23(33)34)14-17-12-16(15-4-5-15)13-20(29-17)30-24-28-8-11-35-24/h1-3,8,11-13,15H,4-7,9-10,14H2,(H,33,34)(H,28,29,30). The molecule has 0 unspecified atom stereocenters. The number of aromatic nitrogens is 2. The van der Waals surface area contributed by atoms with Crippen LogP contribution in [0.2, 0.25) is 5.02 Å². The van der Waals surface area contributed by atoms with Crippen LogP contribution < -0.4 is 5.32 Å². The van der Waals surface area contributed by atoms with Crippen LogP contribution >= 0.6 is 22.9 Å². The van der Waals surface area contributed by atoms with Crippen LogP contribution in [0.3, 0.4) is 0 Å². The lowest BCUT2D eigenvalue weighted by molar-refractivity contribution is -0.151. The number of likely N-dealkylation sites (tertiary alicyclic amines) is 1. The number of pyridine rings is 1. The number of carboxylic acids is 1. The van der Waals surface area contributed by atoms with Crippen LogP contribution in [0.1, 0.15) is 53.2 Å². The summed E-state index contributed by atoms with van der Waals surface area (Å²) < 4.78 is 14.4. The number of carbonyl (C=O) groups is 2. The van der Waals surface area contributed by atoms with Crippen LogP contribution in [-0.2, 0) is 11.2 Å². The smallest absolute Gasteiger partial charge is 0.310 e. The molecule has 1 amide bonds. The molecule has 0 bridgehead atoms. The Hall–Kier alpha value is -3.04. The Labute approximate surface area is 211 Å². The third kappa shape index (κ3) is 5.01. The van der Waals surface area contributed by atoms with Gasteiger partial charge in [0.25, 0.3) is 5.91 Å². The summed E-state index contributed by atoms with van der Waals surface area (Å²) in [5.74, 6) is -1.01. The first-order chi connectivity index (χ1) is 16.8. The number of thiazole rings is 1. The number of aliphatic carboxylic acids is 1. The molecule has 0 spiro atoms. The number of piperidine rings is 1. The molecule has 0 atom stereocenters. The maximum Gasteiger partial charge on any atom is 0.310 e. The Morgan fingerprint density at radius 2 is 2.03 bits per heavy atom. The normalized spacial score (nSPS) is 17.3. The molecule has 2 N–H and O–H groups in total. The topological polar surface area (TPSA) is 95.4 Å². The molecule has 3 aromatic rings. The fourth-order valence-corrected chi connectivity index (χ4v) is 5.31. The highest BCUT2D eigenvalue weighted by Crippen LogP contribution is 2.42. The Morgan fingerprint density at radius 3 is 2.69 bits per heavy atom.